The number of hydrogen-bond acceptors (Lipinski definition) is 4. The van der Waals surface area contributed by atoms with Crippen LogP contribution in [0, 0.1) is 0 Å². The number of nitrogens with zero attached hydrogens (tertiary/aromatic N) is 2. The number of rotatable bonds is 7. The van der Waals surface area contributed by atoms with Gasteiger partial charge < -0.3 is 20.6 Å². The van der Waals surface area contributed by atoms with Crippen LogP contribution in [0.15, 0.2) is 5.16 Å². The molecule has 3 N–H and O–H groups in total. The fourth-order valence-electron chi connectivity index (χ4n) is 1.41. The van der Waals surface area contributed by atoms with Gasteiger partial charge in [0, 0.05) is 32.2 Å². The Balaban J connectivity index is 4.00. The van der Waals surface area contributed by atoms with E-state index in [0.29, 0.717) is 12.5 Å². The van der Waals surface area contributed by atoms with Crippen molar-refractivity contribution < 1.29 is 9.94 Å². The molecule has 0 spiro atoms. The van der Waals surface area contributed by atoms with Gasteiger partial charge in [-0.15, -0.1) is 0 Å². The Bertz CT molecular complexity index is 197. The number of oxime groups is 1. The average molecular weight is 217 g/mol. The van der Waals surface area contributed by atoms with Crippen LogP contribution in [0.3, 0.4) is 0 Å². The first-order chi connectivity index (χ1) is 7.02. The molecule has 2 unspecified atom stereocenters. The molecule has 0 bridgehead atoms. The van der Waals surface area contributed by atoms with Gasteiger partial charge in [-0.25, -0.2) is 0 Å². The van der Waals surface area contributed by atoms with Crippen molar-refractivity contribution in [1.29, 1.82) is 0 Å². The first kappa shape index (κ1) is 14.2. The Hall–Kier alpha value is -0.810. The minimum Gasteiger partial charge on any atom is -0.409 e. The van der Waals surface area contributed by atoms with Gasteiger partial charge in [0.05, 0.1) is 0 Å². The highest BCUT2D eigenvalue weighted by Crippen LogP contribution is 2.09. The van der Waals surface area contributed by atoms with Gasteiger partial charge in [0.2, 0.25) is 0 Å². The van der Waals surface area contributed by atoms with E-state index in [2.05, 4.69) is 23.9 Å². The molecular formula is C10H23N3O2. The molecule has 0 aliphatic rings. The van der Waals surface area contributed by atoms with E-state index in [1.165, 1.54) is 0 Å². The lowest BCUT2D eigenvalue weighted by atomic mass is 10.1. The number of amidine groups is 1. The summed E-state index contributed by atoms with van der Waals surface area (Å²) < 4.78 is 5.03. The third-order valence-electron chi connectivity index (χ3n) is 2.76. The minimum atomic E-state index is 0.257. The molecule has 0 aromatic rings. The summed E-state index contributed by atoms with van der Waals surface area (Å²) in [6.07, 6.45) is 1.55. The molecule has 0 aliphatic heterocycles. The highest BCUT2D eigenvalue weighted by atomic mass is 16.5. The molecule has 5 heteroatoms. The van der Waals surface area contributed by atoms with Gasteiger partial charge in [0.1, 0.15) is 5.84 Å². The Labute approximate surface area is 91.9 Å². The second-order valence-corrected chi connectivity index (χ2v) is 3.94. The zero-order valence-electron chi connectivity index (χ0n) is 10.1. The van der Waals surface area contributed by atoms with Crippen molar-refractivity contribution in [2.75, 3.05) is 20.8 Å². The first-order valence-electron chi connectivity index (χ1n) is 5.20. The third-order valence-corrected chi connectivity index (χ3v) is 2.76. The molecule has 15 heavy (non-hydrogen) atoms. The van der Waals surface area contributed by atoms with E-state index >= 15 is 0 Å². The van der Waals surface area contributed by atoms with Crippen molar-refractivity contribution in [3.05, 3.63) is 0 Å². The van der Waals surface area contributed by atoms with Crippen LogP contribution < -0.4 is 5.73 Å². The van der Waals surface area contributed by atoms with Crippen molar-refractivity contribution in [3.63, 3.8) is 0 Å². The molecule has 0 aromatic heterocycles. The van der Waals surface area contributed by atoms with E-state index in [0.717, 1.165) is 13.0 Å². The van der Waals surface area contributed by atoms with Crippen LogP contribution in [-0.4, -0.2) is 48.8 Å². The van der Waals surface area contributed by atoms with Crippen molar-refractivity contribution in [2.45, 2.75) is 38.8 Å². The van der Waals surface area contributed by atoms with Gasteiger partial charge in [-0.2, -0.15) is 0 Å². The molecule has 5 nitrogen and oxygen atoms in total. The van der Waals surface area contributed by atoms with Gasteiger partial charge in [0.15, 0.2) is 0 Å². The molecule has 0 amide bonds. The van der Waals surface area contributed by atoms with Crippen molar-refractivity contribution in [2.24, 2.45) is 10.9 Å². The molecule has 0 saturated heterocycles. The smallest absolute Gasteiger partial charge is 0.140 e. The number of hydrogen-bond donors (Lipinski definition) is 2. The minimum absolute atomic E-state index is 0.257. The van der Waals surface area contributed by atoms with Crippen LogP contribution in [-0.2, 0) is 4.74 Å². The number of nitrogens with two attached hydrogens (primary N) is 1. The average Bonchev–Trinajstić information content (AvgIpc) is 2.24. The van der Waals surface area contributed by atoms with Gasteiger partial charge in [-0.1, -0.05) is 5.16 Å². The molecule has 90 valence electrons. The lowest BCUT2D eigenvalue weighted by molar-refractivity contribution is 0.134. The predicted octanol–water partition coefficient (Wildman–Crippen LogP) is 0.868. The normalized spacial score (nSPS) is 16.7. The molecule has 0 fully saturated rings. The Morgan fingerprint density at radius 1 is 1.47 bits per heavy atom. The van der Waals surface area contributed by atoms with Crippen LogP contribution in [0.1, 0.15) is 26.7 Å². The maximum absolute atomic E-state index is 8.47. The summed E-state index contributed by atoms with van der Waals surface area (Å²) in [5.74, 6) is 0.272. The quantitative estimate of drug-likeness (QED) is 0.287. The summed E-state index contributed by atoms with van der Waals surface area (Å²) in [5.41, 5.74) is 5.46. The van der Waals surface area contributed by atoms with E-state index in [1.54, 1.807) is 7.11 Å². The molecule has 0 heterocycles. The molecular weight excluding hydrogens is 194 g/mol. The molecule has 0 aromatic carbocycles. The predicted molar refractivity (Wildman–Crippen MR) is 61.2 cm³/mol. The van der Waals surface area contributed by atoms with Crippen molar-refractivity contribution in [1.82, 2.24) is 4.90 Å². The highest BCUT2D eigenvalue weighted by Gasteiger charge is 2.16. The van der Waals surface area contributed by atoms with Gasteiger partial charge in [0.25, 0.3) is 0 Å². The first-order valence-corrected chi connectivity index (χ1v) is 5.20. The van der Waals surface area contributed by atoms with Gasteiger partial charge >= 0.3 is 0 Å². The van der Waals surface area contributed by atoms with E-state index in [-0.39, 0.29) is 11.9 Å². The largest absolute Gasteiger partial charge is 0.409 e. The molecule has 0 saturated carbocycles. The Morgan fingerprint density at radius 3 is 2.53 bits per heavy atom. The zero-order chi connectivity index (χ0) is 11.8. The van der Waals surface area contributed by atoms with Gasteiger partial charge in [-0.05, 0) is 27.3 Å². The van der Waals surface area contributed by atoms with Crippen LogP contribution in [0.5, 0.6) is 0 Å². The summed E-state index contributed by atoms with van der Waals surface area (Å²) in [7, 11) is 3.74. The monoisotopic (exact) mass is 217 g/mol. The molecule has 2 atom stereocenters. The van der Waals surface area contributed by atoms with E-state index in [9.17, 15) is 0 Å². The summed E-state index contributed by atoms with van der Waals surface area (Å²) >= 11 is 0. The fraction of sp³-hybridized carbons (Fsp3) is 0.900. The van der Waals surface area contributed by atoms with E-state index in [1.807, 2.05) is 7.05 Å². The zero-order valence-corrected chi connectivity index (χ0v) is 10.1. The van der Waals surface area contributed by atoms with Crippen LogP contribution >= 0.6 is 0 Å². The summed E-state index contributed by atoms with van der Waals surface area (Å²) in [4.78, 5) is 2.21. The number of ether oxygens (including phenoxy) is 1. The third kappa shape index (κ3) is 5.59. The fourth-order valence-corrected chi connectivity index (χ4v) is 1.41. The maximum Gasteiger partial charge on any atom is 0.140 e. The van der Waals surface area contributed by atoms with E-state index in [4.69, 9.17) is 15.7 Å². The molecule has 0 radical (unpaired) electrons. The van der Waals surface area contributed by atoms with Crippen molar-refractivity contribution in [3.8, 4) is 0 Å². The van der Waals surface area contributed by atoms with Crippen LogP contribution in [0.4, 0.5) is 0 Å². The summed E-state index contributed by atoms with van der Waals surface area (Å²) in [5, 5.41) is 11.4. The topological polar surface area (TPSA) is 71.1 Å². The number of methoxy groups -OCH3 is 1. The van der Waals surface area contributed by atoms with Crippen LogP contribution in [0.25, 0.3) is 0 Å². The Kier molecular flexibility index (Phi) is 7.07. The summed E-state index contributed by atoms with van der Waals surface area (Å²) in [6, 6.07) is 0.680. The van der Waals surface area contributed by atoms with Crippen molar-refractivity contribution >= 4 is 5.84 Å². The second-order valence-electron chi connectivity index (χ2n) is 3.94. The molecule has 0 aliphatic carbocycles. The van der Waals surface area contributed by atoms with E-state index < -0.39 is 0 Å². The second kappa shape index (κ2) is 7.48. The SMILES string of the molecule is COCCC(C)N(C)C(C)CC(N)=NO. The standard InChI is InChI=1S/C10H23N3O2/c1-8(5-6-15-4)13(3)9(2)7-10(11)12-14/h8-9,14H,5-7H2,1-4H3,(H2,11,12). The van der Waals surface area contributed by atoms with Gasteiger partial charge in [-0.3, -0.25) is 0 Å². The Morgan fingerprint density at radius 2 is 2.07 bits per heavy atom. The lowest BCUT2D eigenvalue weighted by Gasteiger charge is -2.30. The maximum atomic E-state index is 8.47. The lowest BCUT2D eigenvalue weighted by Crippen LogP contribution is -2.39. The summed E-state index contributed by atoms with van der Waals surface area (Å²) in [6.45, 7) is 4.95. The molecule has 0 rings (SSSR count). The van der Waals surface area contributed by atoms with Crippen LogP contribution in [0.2, 0.25) is 0 Å². The highest BCUT2D eigenvalue weighted by molar-refractivity contribution is 5.80.